The molecule has 2 N–H and O–H groups in total. The van der Waals surface area contributed by atoms with Crippen molar-refractivity contribution in [2.45, 2.75) is 39.3 Å². The van der Waals surface area contributed by atoms with Gasteiger partial charge in [0.05, 0.1) is 6.61 Å². The summed E-state index contributed by atoms with van der Waals surface area (Å²) in [4.78, 5) is 0. The molecular formula is C9H17N3O2. The highest BCUT2D eigenvalue weighted by atomic mass is 16.6. The van der Waals surface area contributed by atoms with Gasteiger partial charge in [-0.05, 0) is 20.3 Å². The molecule has 0 bridgehead atoms. The summed E-state index contributed by atoms with van der Waals surface area (Å²) in [5, 5.41) is 19.8. The third-order valence-corrected chi connectivity index (χ3v) is 2.56. The smallest absolute Gasteiger partial charge is 0.121 e. The molecule has 0 saturated heterocycles. The summed E-state index contributed by atoms with van der Waals surface area (Å²) in [5.74, 6) is 0. The fourth-order valence-corrected chi connectivity index (χ4v) is 1.000. The zero-order valence-corrected chi connectivity index (χ0v) is 8.87. The third-order valence-electron chi connectivity index (χ3n) is 2.56. The van der Waals surface area contributed by atoms with E-state index in [1.165, 1.54) is 0 Å². The van der Waals surface area contributed by atoms with E-state index in [1.54, 1.807) is 0 Å². The molecule has 1 unspecified atom stereocenters. The van der Waals surface area contributed by atoms with Crippen LogP contribution in [0.4, 0.5) is 0 Å². The Labute approximate surface area is 83.5 Å². The molecule has 1 atom stereocenters. The Kier molecular flexibility index (Phi) is 3.60. The van der Waals surface area contributed by atoms with E-state index < -0.39 is 0 Å². The highest BCUT2D eigenvalue weighted by Crippen LogP contribution is 2.09. The van der Waals surface area contributed by atoms with Gasteiger partial charge in [0.15, 0.2) is 0 Å². The van der Waals surface area contributed by atoms with Crippen LogP contribution in [-0.4, -0.2) is 27.6 Å². The summed E-state index contributed by atoms with van der Waals surface area (Å²) in [7, 11) is 0. The molecule has 0 radical (unpaired) electrons. The minimum atomic E-state index is -0.259. The minimum absolute atomic E-state index is 0.105. The maximum atomic E-state index is 9.16. The van der Waals surface area contributed by atoms with E-state index in [0.717, 1.165) is 17.8 Å². The van der Waals surface area contributed by atoms with Crippen LogP contribution >= 0.6 is 0 Å². The number of aliphatic hydroxyl groups is 1. The van der Waals surface area contributed by atoms with E-state index in [0.29, 0.717) is 6.54 Å². The summed E-state index contributed by atoms with van der Waals surface area (Å²) in [5.41, 5.74) is 1.32. The Balaban J connectivity index is 2.52. The third kappa shape index (κ3) is 2.52. The lowest BCUT2D eigenvalue weighted by molar-refractivity contribution is 0.167. The van der Waals surface area contributed by atoms with E-state index in [4.69, 9.17) is 5.11 Å². The first-order valence-corrected chi connectivity index (χ1v) is 4.75. The standard InChI is InChI=1S/C9H17N3O2/c1-4-9(3,6-13)10-5-8-7(2)11-14-12-8/h10,13H,4-6H2,1-3H3. The highest BCUT2D eigenvalue weighted by molar-refractivity contribution is 5.04. The molecule has 1 aromatic heterocycles. The Morgan fingerprint density at radius 2 is 2.21 bits per heavy atom. The van der Waals surface area contributed by atoms with Gasteiger partial charge in [-0.1, -0.05) is 17.2 Å². The molecule has 1 rings (SSSR count). The Hall–Kier alpha value is -0.940. The molecule has 0 aromatic carbocycles. The van der Waals surface area contributed by atoms with Crippen molar-refractivity contribution in [3.63, 3.8) is 0 Å². The first-order chi connectivity index (χ1) is 6.61. The molecule has 14 heavy (non-hydrogen) atoms. The number of rotatable bonds is 5. The van der Waals surface area contributed by atoms with Crippen LogP contribution in [0.1, 0.15) is 31.7 Å². The summed E-state index contributed by atoms with van der Waals surface area (Å²) >= 11 is 0. The molecule has 1 heterocycles. The van der Waals surface area contributed by atoms with Crippen molar-refractivity contribution in [3.05, 3.63) is 11.4 Å². The number of hydrogen-bond acceptors (Lipinski definition) is 5. The summed E-state index contributed by atoms with van der Waals surface area (Å²) in [6.07, 6.45) is 0.855. The summed E-state index contributed by atoms with van der Waals surface area (Å²) in [6, 6.07) is 0. The van der Waals surface area contributed by atoms with Crippen LogP contribution in [0.25, 0.3) is 0 Å². The molecule has 0 fully saturated rings. The van der Waals surface area contributed by atoms with Crippen LogP contribution in [0.3, 0.4) is 0 Å². The van der Waals surface area contributed by atoms with E-state index in [-0.39, 0.29) is 12.1 Å². The first kappa shape index (κ1) is 11.1. The van der Waals surface area contributed by atoms with Crippen molar-refractivity contribution in [2.75, 3.05) is 6.61 Å². The van der Waals surface area contributed by atoms with Gasteiger partial charge in [0.1, 0.15) is 11.4 Å². The van der Waals surface area contributed by atoms with Gasteiger partial charge in [-0.15, -0.1) is 0 Å². The van der Waals surface area contributed by atoms with Gasteiger partial charge < -0.3 is 10.4 Å². The Morgan fingerprint density at radius 3 is 2.64 bits per heavy atom. The fraction of sp³-hybridized carbons (Fsp3) is 0.778. The van der Waals surface area contributed by atoms with Crippen molar-refractivity contribution >= 4 is 0 Å². The monoisotopic (exact) mass is 199 g/mol. The van der Waals surface area contributed by atoms with Crippen molar-refractivity contribution in [2.24, 2.45) is 0 Å². The highest BCUT2D eigenvalue weighted by Gasteiger charge is 2.20. The van der Waals surface area contributed by atoms with Gasteiger partial charge in [-0.3, -0.25) is 0 Å². The number of aryl methyl sites for hydroxylation is 1. The molecule has 80 valence electrons. The van der Waals surface area contributed by atoms with Crippen molar-refractivity contribution in [1.82, 2.24) is 15.6 Å². The van der Waals surface area contributed by atoms with E-state index >= 15 is 0 Å². The molecular weight excluding hydrogens is 182 g/mol. The Morgan fingerprint density at radius 1 is 1.50 bits per heavy atom. The minimum Gasteiger partial charge on any atom is -0.394 e. The van der Waals surface area contributed by atoms with Gasteiger partial charge in [0, 0.05) is 12.1 Å². The molecule has 0 aliphatic heterocycles. The lowest BCUT2D eigenvalue weighted by Gasteiger charge is -2.26. The van der Waals surface area contributed by atoms with Crippen LogP contribution in [0.5, 0.6) is 0 Å². The van der Waals surface area contributed by atoms with Gasteiger partial charge in [-0.2, -0.15) is 0 Å². The van der Waals surface area contributed by atoms with Crippen LogP contribution in [0.15, 0.2) is 4.63 Å². The van der Waals surface area contributed by atoms with E-state index in [2.05, 4.69) is 20.3 Å². The lowest BCUT2D eigenvalue weighted by atomic mass is 10.0. The van der Waals surface area contributed by atoms with E-state index in [1.807, 2.05) is 20.8 Å². The maximum Gasteiger partial charge on any atom is 0.121 e. The van der Waals surface area contributed by atoms with Crippen LogP contribution in [-0.2, 0) is 6.54 Å². The van der Waals surface area contributed by atoms with Crippen LogP contribution < -0.4 is 5.32 Å². The van der Waals surface area contributed by atoms with Gasteiger partial charge in [0.25, 0.3) is 0 Å². The number of aliphatic hydroxyl groups excluding tert-OH is 1. The molecule has 0 aliphatic rings. The molecule has 5 heteroatoms. The summed E-state index contributed by atoms with van der Waals surface area (Å²) in [6.45, 7) is 6.51. The lowest BCUT2D eigenvalue weighted by Crippen LogP contribution is -2.44. The number of nitrogens with zero attached hydrogens (tertiary/aromatic N) is 2. The predicted molar refractivity (Wildman–Crippen MR) is 51.7 cm³/mol. The maximum absolute atomic E-state index is 9.16. The summed E-state index contributed by atoms with van der Waals surface area (Å²) < 4.78 is 4.58. The van der Waals surface area contributed by atoms with E-state index in [9.17, 15) is 0 Å². The van der Waals surface area contributed by atoms with Gasteiger partial charge in [-0.25, -0.2) is 4.63 Å². The van der Waals surface area contributed by atoms with Crippen molar-refractivity contribution < 1.29 is 9.74 Å². The Bertz CT molecular complexity index is 281. The molecule has 0 spiro atoms. The van der Waals surface area contributed by atoms with Crippen LogP contribution in [0, 0.1) is 6.92 Å². The van der Waals surface area contributed by atoms with Crippen LogP contribution in [0.2, 0.25) is 0 Å². The molecule has 0 amide bonds. The van der Waals surface area contributed by atoms with Gasteiger partial charge in [0.2, 0.25) is 0 Å². The predicted octanol–water partition coefficient (Wildman–Crippen LogP) is 0.629. The second-order valence-electron chi connectivity index (χ2n) is 3.72. The average Bonchev–Trinajstić information content (AvgIpc) is 2.61. The molecule has 0 aliphatic carbocycles. The van der Waals surface area contributed by atoms with Crippen molar-refractivity contribution in [3.8, 4) is 0 Å². The topological polar surface area (TPSA) is 71.2 Å². The molecule has 0 saturated carbocycles. The van der Waals surface area contributed by atoms with Crippen molar-refractivity contribution in [1.29, 1.82) is 0 Å². The second kappa shape index (κ2) is 4.52. The fourth-order valence-electron chi connectivity index (χ4n) is 1.000. The normalized spacial score (nSPS) is 15.4. The first-order valence-electron chi connectivity index (χ1n) is 4.75. The second-order valence-corrected chi connectivity index (χ2v) is 3.72. The number of hydrogen-bond donors (Lipinski definition) is 2. The number of nitrogens with one attached hydrogen (secondary N) is 1. The van der Waals surface area contributed by atoms with Gasteiger partial charge >= 0.3 is 0 Å². The largest absolute Gasteiger partial charge is 0.394 e. The average molecular weight is 199 g/mol. The quantitative estimate of drug-likeness (QED) is 0.727. The SMILES string of the molecule is CCC(C)(CO)NCc1nonc1C. The number of aromatic nitrogens is 2. The molecule has 5 nitrogen and oxygen atoms in total. The zero-order chi connectivity index (χ0) is 10.6. The molecule has 1 aromatic rings. The zero-order valence-electron chi connectivity index (χ0n) is 8.87.